The molecule has 0 aromatic heterocycles. The Morgan fingerprint density at radius 3 is 2.19 bits per heavy atom. The maximum atomic E-state index is 11.2. The third-order valence-electron chi connectivity index (χ3n) is 3.35. The van der Waals surface area contributed by atoms with Gasteiger partial charge in [-0.1, -0.05) is 30.3 Å². The first-order valence-corrected chi connectivity index (χ1v) is 6.91. The second kappa shape index (κ2) is 7.57. The molecule has 4 heteroatoms. The molecule has 0 unspecified atom stereocenters. The summed E-state index contributed by atoms with van der Waals surface area (Å²) in [7, 11) is 0. The Labute approximate surface area is 124 Å². The average molecular weight is 285 g/mol. The largest absolute Gasteiger partial charge is 0.395 e. The number of rotatable bonds is 7. The van der Waals surface area contributed by atoms with Crippen LogP contribution in [0, 0.1) is 0 Å². The van der Waals surface area contributed by atoms with Crippen LogP contribution in [0.2, 0.25) is 0 Å². The number of carbonyl (C=O) groups is 1. The van der Waals surface area contributed by atoms with Gasteiger partial charge in [0.25, 0.3) is 0 Å². The molecule has 0 atom stereocenters. The smallest absolute Gasteiger partial charge is 0.150 e. The fourth-order valence-electron chi connectivity index (χ4n) is 2.32. The third kappa shape index (κ3) is 3.68. The molecular formula is C17H19NO3. The van der Waals surface area contributed by atoms with E-state index in [1.165, 1.54) is 0 Å². The lowest BCUT2D eigenvalue weighted by Crippen LogP contribution is -2.29. The maximum absolute atomic E-state index is 11.2. The number of hydrogen-bond donors (Lipinski definition) is 2. The molecule has 0 aliphatic heterocycles. The lowest BCUT2D eigenvalue weighted by atomic mass is 9.99. The number of benzene rings is 2. The van der Waals surface area contributed by atoms with Crippen LogP contribution in [0.5, 0.6) is 0 Å². The molecular weight excluding hydrogens is 266 g/mol. The van der Waals surface area contributed by atoms with E-state index in [1.54, 1.807) is 6.07 Å². The number of aliphatic hydroxyl groups is 2. The summed E-state index contributed by atoms with van der Waals surface area (Å²) < 4.78 is 0. The van der Waals surface area contributed by atoms with Gasteiger partial charge in [0.15, 0.2) is 6.29 Å². The Morgan fingerprint density at radius 1 is 0.952 bits per heavy atom. The van der Waals surface area contributed by atoms with Gasteiger partial charge >= 0.3 is 0 Å². The average Bonchev–Trinajstić information content (AvgIpc) is 2.55. The van der Waals surface area contributed by atoms with Crippen LogP contribution < -0.4 is 4.90 Å². The minimum absolute atomic E-state index is 0.0100. The third-order valence-corrected chi connectivity index (χ3v) is 3.35. The van der Waals surface area contributed by atoms with Crippen LogP contribution in [-0.2, 0) is 0 Å². The van der Waals surface area contributed by atoms with E-state index in [1.807, 2.05) is 47.4 Å². The van der Waals surface area contributed by atoms with E-state index in [2.05, 4.69) is 0 Å². The molecule has 0 aliphatic carbocycles. The van der Waals surface area contributed by atoms with Gasteiger partial charge in [-0.25, -0.2) is 0 Å². The van der Waals surface area contributed by atoms with Crippen LogP contribution in [0.25, 0.3) is 11.1 Å². The van der Waals surface area contributed by atoms with E-state index in [-0.39, 0.29) is 13.2 Å². The summed E-state index contributed by atoms with van der Waals surface area (Å²) in [5.74, 6) is 0. The summed E-state index contributed by atoms with van der Waals surface area (Å²) in [6, 6.07) is 15.2. The van der Waals surface area contributed by atoms with Crippen molar-refractivity contribution in [2.75, 3.05) is 31.2 Å². The molecule has 0 radical (unpaired) electrons. The SMILES string of the molecule is O=Cc1ccc(N(CCO)CCO)cc1-c1ccccc1. The number of aldehydes is 1. The quantitative estimate of drug-likeness (QED) is 0.763. The Hall–Kier alpha value is -2.17. The first-order chi connectivity index (χ1) is 10.3. The van der Waals surface area contributed by atoms with Crippen LogP contribution in [-0.4, -0.2) is 42.8 Å². The first-order valence-electron chi connectivity index (χ1n) is 6.91. The lowest BCUT2D eigenvalue weighted by Gasteiger charge is -2.24. The molecule has 21 heavy (non-hydrogen) atoms. The van der Waals surface area contributed by atoms with Crippen LogP contribution in [0.3, 0.4) is 0 Å². The second-order valence-electron chi connectivity index (χ2n) is 4.69. The minimum atomic E-state index is 0.0100. The van der Waals surface area contributed by atoms with Gasteiger partial charge in [-0.2, -0.15) is 0 Å². The van der Waals surface area contributed by atoms with Crippen molar-refractivity contribution >= 4 is 12.0 Å². The molecule has 0 spiro atoms. The monoisotopic (exact) mass is 285 g/mol. The van der Waals surface area contributed by atoms with Crippen molar-refractivity contribution in [3.63, 3.8) is 0 Å². The second-order valence-corrected chi connectivity index (χ2v) is 4.69. The van der Waals surface area contributed by atoms with Crippen molar-refractivity contribution in [1.29, 1.82) is 0 Å². The Kier molecular flexibility index (Phi) is 5.49. The number of anilines is 1. The lowest BCUT2D eigenvalue weighted by molar-refractivity contribution is 0.112. The molecule has 0 heterocycles. The standard InChI is InChI=1S/C17H19NO3/c19-10-8-18(9-11-20)16-7-6-15(13-21)17(12-16)14-4-2-1-3-5-14/h1-7,12-13,19-20H,8-11H2. The molecule has 0 saturated heterocycles. The normalized spacial score (nSPS) is 10.4. The van der Waals surface area contributed by atoms with Gasteiger partial charge in [-0.15, -0.1) is 0 Å². The molecule has 2 rings (SSSR count). The van der Waals surface area contributed by atoms with Crippen molar-refractivity contribution in [3.05, 3.63) is 54.1 Å². The van der Waals surface area contributed by atoms with Crippen molar-refractivity contribution < 1.29 is 15.0 Å². The van der Waals surface area contributed by atoms with Crippen molar-refractivity contribution in [2.45, 2.75) is 0 Å². The van der Waals surface area contributed by atoms with Crippen LogP contribution in [0.4, 0.5) is 5.69 Å². The number of hydrogen-bond acceptors (Lipinski definition) is 4. The fourth-order valence-corrected chi connectivity index (χ4v) is 2.32. The molecule has 110 valence electrons. The van der Waals surface area contributed by atoms with Crippen LogP contribution in [0.15, 0.2) is 48.5 Å². The van der Waals surface area contributed by atoms with Crippen molar-refractivity contribution in [1.82, 2.24) is 0 Å². The number of aliphatic hydroxyl groups excluding tert-OH is 2. The zero-order valence-electron chi connectivity index (χ0n) is 11.8. The van der Waals surface area contributed by atoms with Gasteiger partial charge in [-0.05, 0) is 29.3 Å². The maximum Gasteiger partial charge on any atom is 0.150 e. The van der Waals surface area contributed by atoms with E-state index in [4.69, 9.17) is 10.2 Å². The Morgan fingerprint density at radius 2 is 1.62 bits per heavy atom. The summed E-state index contributed by atoms with van der Waals surface area (Å²) >= 11 is 0. The van der Waals surface area contributed by atoms with E-state index in [0.717, 1.165) is 23.1 Å². The zero-order valence-corrected chi connectivity index (χ0v) is 11.8. The molecule has 2 N–H and O–H groups in total. The highest BCUT2D eigenvalue weighted by Crippen LogP contribution is 2.27. The molecule has 0 saturated carbocycles. The van der Waals surface area contributed by atoms with E-state index in [9.17, 15) is 4.79 Å². The summed E-state index contributed by atoms with van der Waals surface area (Å²) in [5.41, 5.74) is 3.32. The minimum Gasteiger partial charge on any atom is -0.395 e. The summed E-state index contributed by atoms with van der Waals surface area (Å²) in [4.78, 5) is 13.1. The van der Waals surface area contributed by atoms with Gasteiger partial charge in [0.2, 0.25) is 0 Å². The molecule has 0 bridgehead atoms. The number of nitrogens with zero attached hydrogens (tertiary/aromatic N) is 1. The predicted octanol–water partition coefficient (Wildman–Crippen LogP) is 1.96. The number of carbonyl (C=O) groups excluding carboxylic acids is 1. The van der Waals surface area contributed by atoms with Crippen LogP contribution in [0.1, 0.15) is 10.4 Å². The van der Waals surface area contributed by atoms with Gasteiger partial charge in [0.1, 0.15) is 0 Å². The molecule has 2 aromatic rings. The molecule has 0 amide bonds. The Balaban J connectivity index is 2.44. The first kappa shape index (κ1) is 15.2. The topological polar surface area (TPSA) is 60.8 Å². The molecule has 4 nitrogen and oxygen atoms in total. The van der Waals surface area contributed by atoms with Gasteiger partial charge in [0.05, 0.1) is 13.2 Å². The summed E-state index contributed by atoms with van der Waals surface area (Å²) in [6.07, 6.45) is 0.842. The highest BCUT2D eigenvalue weighted by atomic mass is 16.3. The zero-order chi connectivity index (χ0) is 15.1. The van der Waals surface area contributed by atoms with Crippen LogP contribution >= 0.6 is 0 Å². The Bertz CT molecular complexity index is 578. The predicted molar refractivity (Wildman–Crippen MR) is 83.7 cm³/mol. The highest BCUT2D eigenvalue weighted by molar-refractivity contribution is 5.89. The molecule has 2 aromatic carbocycles. The van der Waals surface area contributed by atoms with Gasteiger partial charge in [-0.3, -0.25) is 4.79 Å². The summed E-state index contributed by atoms with van der Waals surface area (Å²) in [5, 5.41) is 18.3. The molecule has 0 fully saturated rings. The van der Waals surface area contributed by atoms with E-state index in [0.29, 0.717) is 18.7 Å². The van der Waals surface area contributed by atoms with E-state index < -0.39 is 0 Å². The van der Waals surface area contributed by atoms with Gasteiger partial charge in [0, 0.05) is 24.3 Å². The summed E-state index contributed by atoms with van der Waals surface area (Å²) in [6.45, 7) is 0.899. The fraction of sp³-hybridized carbons (Fsp3) is 0.235. The highest BCUT2D eigenvalue weighted by Gasteiger charge is 2.10. The van der Waals surface area contributed by atoms with Crippen molar-refractivity contribution in [3.8, 4) is 11.1 Å². The van der Waals surface area contributed by atoms with E-state index >= 15 is 0 Å². The van der Waals surface area contributed by atoms with Crippen molar-refractivity contribution in [2.24, 2.45) is 0 Å². The van der Waals surface area contributed by atoms with Gasteiger partial charge < -0.3 is 15.1 Å². The molecule has 0 aliphatic rings.